The van der Waals surface area contributed by atoms with Gasteiger partial charge in [0.15, 0.2) is 5.96 Å². The fourth-order valence-corrected chi connectivity index (χ4v) is 4.20. The summed E-state index contributed by atoms with van der Waals surface area (Å²) >= 11 is 0. The summed E-state index contributed by atoms with van der Waals surface area (Å²) in [7, 11) is -0.101. The van der Waals surface area contributed by atoms with Crippen LogP contribution in [0, 0.1) is 0 Å². The SMILES string of the molecule is CN=C(NCCN1CCCS1(=O)=O)NCc1cc(OC)ccc1OC(F)F. The van der Waals surface area contributed by atoms with Crippen molar-refractivity contribution in [3.05, 3.63) is 23.8 Å². The van der Waals surface area contributed by atoms with Gasteiger partial charge >= 0.3 is 6.61 Å². The first-order valence-electron chi connectivity index (χ1n) is 8.40. The van der Waals surface area contributed by atoms with E-state index in [0.29, 0.717) is 43.3 Å². The summed E-state index contributed by atoms with van der Waals surface area (Å²) in [6, 6.07) is 4.54. The van der Waals surface area contributed by atoms with Crippen molar-refractivity contribution in [2.24, 2.45) is 4.99 Å². The van der Waals surface area contributed by atoms with Gasteiger partial charge in [0.25, 0.3) is 0 Å². The third kappa shape index (κ3) is 6.21. The number of halogens is 2. The quantitative estimate of drug-likeness (QED) is 0.494. The van der Waals surface area contributed by atoms with Gasteiger partial charge in [0, 0.05) is 38.8 Å². The third-order valence-electron chi connectivity index (χ3n) is 4.01. The van der Waals surface area contributed by atoms with Gasteiger partial charge in [-0.25, -0.2) is 12.7 Å². The monoisotopic (exact) mass is 406 g/mol. The molecule has 0 amide bonds. The standard InChI is InChI=1S/C16H24F2N4O4S/c1-19-16(20-6-8-22-7-3-9-27(22,23)24)21-11-12-10-13(25-2)4-5-14(12)26-15(17)18/h4-5,10,15H,3,6-9,11H2,1-2H3,(H2,19,20,21). The highest BCUT2D eigenvalue weighted by molar-refractivity contribution is 7.89. The molecule has 1 aromatic rings. The van der Waals surface area contributed by atoms with Crippen molar-refractivity contribution < 1.29 is 26.7 Å². The molecule has 11 heteroatoms. The molecule has 152 valence electrons. The number of methoxy groups -OCH3 is 1. The Morgan fingerprint density at radius 1 is 1.37 bits per heavy atom. The fourth-order valence-electron chi connectivity index (χ4n) is 2.67. The average Bonchev–Trinajstić information content (AvgIpc) is 2.96. The van der Waals surface area contributed by atoms with Crippen molar-refractivity contribution in [3.8, 4) is 11.5 Å². The average molecular weight is 406 g/mol. The summed E-state index contributed by atoms with van der Waals surface area (Å²) in [5.74, 6) is 1.15. The van der Waals surface area contributed by atoms with E-state index in [1.165, 1.54) is 23.5 Å². The Hall–Kier alpha value is -2.14. The van der Waals surface area contributed by atoms with Crippen LogP contribution in [0.15, 0.2) is 23.2 Å². The first-order chi connectivity index (χ1) is 12.9. The van der Waals surface area contributed by atoms with E-state index in [4.69, 9.17) is 4.74 Å². The number of nitrogens with zero attached hydrogens (tertiary/aromatic N) is 2. The van der Waals surface area contributed by atoms with E-state index in [1.807, 2.05) is 0 Å². The second-order valence-electron chi connectivity index (χ2n) is 5.77. The van der Waals surface area contributed by atoms with Crippen LogP contribution >= 0.6 is 0 Å². The van der Waals surface area contributed by atoms with Crippen molar-refractivity contribution >= 4 is 16.0 Å². The largest absolute Gasteiger partial charge is 0.497 e. The third-order valence-corrected chi connectivity index (χ3v) is 5.97. The van der Waals surface area contributed by atoms with Crippen LogP contribution in [0.2, 0.25) is 0 Å². The van der Waals surface area contributed by atoms with Crippen LogP contribution in [0.3, 0.4) is 0 Å². The number of rotatable bonds is 8. The van der Waals surface area contributed by atoms with Crippen LogP contribution in [0.1, 0.15) is 12.0 Å². The Morgan fingerprint density at radius 3 is 2.74 bits per heavy atom. The minimum Gasteiger partial charge on any atom is -0.497 e. The molecule has 2 rings (SSSR count). The van der Waals surface area contributed by atoms with Gasteiger partial charge in [0.05, 0.1) is 12.9 Å². The number of hydrogen-bond acceptors (Lipinski definition) is 5. The highest BCUT2D eigenvalue weighted by atomic mass is 32.2. The van der Waals surface area contributed by atoms with Gasteiger partial charge in [-0.2, -0.15) is 8.78 Å². The highest BCUT2D eigenvalue weighted by Gasteiger charge is 2.27. The number of sulfonamides is 1. The molecule has 0 aromatic heterocycles. The molecule has 2 N–H and O–H groups in total. The lowest BCUT2D eigenvalue weighted by molar-refractivity contribution is -0.0505. The van der Waals surface area contributed by atoms with Gasteiger partial charge in [-0.15, -0.1) is 0 Å². The molecule has 1 heterocycles. The molecule has 27 heavy (non-hydrogen) atoms. The molecule has 0 atom stereocenters. The maximum Gasteiger partial charge on any atom is 0.387 e. The van der Waals surface area contributed by atoms with Gasteiger partial charge < -0.3 is 20.1 Å². The number of nitrogens with one attached hydrogen (secondary N) is 2. The Bertz CT molecular complexity index is 759. The number of hydrogen-bond donors (Lipinski definition) is 2. The molecule has 0 saturated carbocycles. The van der Waals surface area contributed by atoms with Gasteiger partial charge in [-0.1, -0.05) is 0 Å². The number of aliphatic imine (C=N–C) groups is 1. The summed E-state index contributed by atoms with van der Waals surface area (Å²) in [6.07, 6.45) is 0.637. The molecule has 0 spiro atoms. The lowest BCUT2D eigenvalue weighted by Gasteiger charge is -2.17. The Morgan fingerprint density at radius 2 is 2.15 bits per heavy atom. The minimum atomic E-state index is -3.14. The summed E-state index contributed by atoms with van der Waals surface area (Å²) in [6.45, 7) is -1.54. The summed E-state index contributed by atoms with van der Waals surface area (Å²) in [5.41, 5.74) is 0.472. The molecule has 8 nitrogen and oxygen atoms in total. The Labute approximate surface area is 157 Å². The van der Waals surface area contributed by atoms with Crippen LogP contribution in [0.25, 0.3) is 0 Å². The second kappa shape index (κ2) is 9.70. The van der Waals surface area contributed by atoms with Crippen LogP contribution in [-0.2, 0) is 16.6 Å². The fraction of sp³-hybridized carbons (Fsp3) is 0.562. The minimum absolute atomic E-state index is 0.0388. The molecule has 1 aromatic carbocycles. The van der Waals surface area contributed by atoms with E-state index in [9.17, 15) is 17.2 Å². The van der Waals surface area contributed by atoms with Gasteiger partial charge in [-0.05, 0) is 24.6 Å². The summed E-state index contributed by atoms with van der Waals surface area (Å²) < 4.78 is 59.7. The van der Waals surface area contributed by atoms with Gasteiger partial charge in [-0.3, -0.25) is 4.99 Å². The first-order valence-corrected chi connectivity index (χ1v) is 10.0. The van der Waals surface area contributed by atoms with E-state index in [2.05, 4.69) is 20.4 Å². The molecule has 1 aliphatic heterocycles. The molecule has 0 unspecified atom stereocenters. The van der Waals surface area contributed by atoms with E-state index >= 15 is 0 Å². The number of ether oxygens (including phenoxy) is 2. The van der Waals surface area contributed by atoms with E-state index in [-0.39, 0.29) is 18.0 Å². The zero-order valence-corrected chi connectivity index (χ0v) is 16.1. The smallest absolute Gasteiger partial charge is 0.387 e. The lowest BCUT2D eigenvalue weighted by atomic mass is 10.2. The molecule has 1 saturated heterocycles. The van der Waals surface area contributed by atoms with E-state index < -0.39 is 16.6 Å². The molecule has 0 radical (unpaired) electrons. The predicted octanol–water partition coefficient (Wildman–Crippen LogP) is 0.997. The maximum atomic E-state index is 12.6. The Balaban J connectivity index is 1.91. The molecule has 1 aliphatic rings. The maximum absolute atomic E-state index is 12.6. The predicted molar refractivity (Wildman–Crippen MR) is 97.8 cm³/mol. The number of benzene rings is 1. The molecular weight excluding hydrogens is 382 g/mol. The summed E-state index contributed by atoms with van der Waals surface area (Å²) in [5, 5.41) is 5.99. The topological polar surface area (TPSA) is 92.3 Å². The normalized spacial score (nSPS) is 17.1. The van der Waals surface area contributed by atoms with Crippen molar-refractivity contribution in [3.63, 3.8) is 0 Å². The molecule has 0 aliphatic carbocycles. The Kier molecular flexibility index (Phi) is 7.60. The van der Waals surface area contributed by atoms with Crippen molar-refractivity contribution in [1.82, 2.24) is 14.9 Å². The highest BCUT2D eigenvalue weighted by Crippen LogP contribution is 2.25. The first kappa shape index (κ1) is 21.2. The van der Waals surface area contributed by atoms with Gasteiger partial charge in [0.1, 0.15) is 11.5 Å². The van der Waals surface area contributed by atoms with Crippen LogP contribution in [-0.4, -0.2) is 64.8 Å². The van der Waals surface area contributed by atoms with Crippen molar-refractivity contribution in [1.29, 1.82) is 0 Å². The zero-order chi connectivity index (χ0) is 19.9. The zero-order valence-electron chi connectivity index (χ0n) is 15.2. The van der Waals surface area contributed by atoms with Crippen LogP contribution in [0.5, 0.6) is 11.5 Å². The number of guanidine groups is 1. The van der Waals surface area contributed by atoms with E-state index in [0.717, 1.165) is 0 Å². The second-order valence-corrected chi connectivity index (χ2v) is 7.86. The lowest BCUT2D eigenvalue weighted by Crippen LogP contribution is -2.41. The van der Waals surface area contributed by atoms with Crippen LogP contribution in [0.4, 0.5) is 8.78 Å². The molecule has 1 fully saturated rings. The van der Waals surface area contributed by atoms with Gasteiger partial charge in [0.2, 0.25) is 10.0 Å². The van der Waals surface area contributed by atoms with Crippen molar-refractivity contribution in [2.45, 2.75) is 19.6 Å². The van der Waals surface area contributed by atoms with Crippen molar-refractivity contribution in [2.75, 3.05) is 39.5 Å². The number of alkyl halides is 2. The van der Waals surface area contributed by atoms with E-state index in [1.54, 1.807) is 13.1 Å². The van der Waals surface area contributed by atoms with Crippen LogP contribution < -0.4 is 20.1 Å². The summed E-state index contributed by atoms with van der Waals surface area (Å²) in [4.78, 5) is 4.04. The molecule has 0 bridgehead atoms. The molecular formula is C16H24F2N4O4S.